The molecule has 90 valence electrons. The second-order valence-electron chi connectivity index (χ2n) is 3.33. The van der Waals surface area contributed by atoms with Crippen LogP contribution in [0.5, 0.6) is 0 Å². The molecule has 0 amide bonds. The topological polar surface area (TPSA) is 21.3 Å². The number of benzene rings is 1. The van der Waals surface area contributed by atoms with Gasteiger partial charge in [0.25, 0.3) is 0 Å². The summed E-state index contributed by atoms with van der Waals surface area (Å²) in [6.45, 7) is -0.0758. The highest BCUT2D eigenvalue weighted by atomic mass is 19.4. The fourth-order valence-electron chi connectivity index (χ4n) is 1.16. The highest BCUT2D eigenvalue weighted by Gasteiger charge is 2.27. The van der Waals surface area contributed by atoms with Crippen molar-refractivity contribution in [2.75, 3.05) is 19.8 Å². The lowest BCUT2D eigenvalue weighted by atomic mass is 10.2. The Labute approximate surface area is 92.4 Å². The third-order valence-electron chi connectivity index (χ3n) is 1.86. The normalized spacial score (nSPS) is 11.7. The summed E-state index contributed by atoms with van der Waals surface area (Å²) in [4.78, 5) is 0. The third-order valence-corrected chi connectivity index (χ3v) is 1.86. The van der Waals surface area contributed by atoms with E-state index in [0.717, 1.165) is 5.56 Å². The van der Waals surface area contributed by atoms with E-state index in [4.69, 9.17) is 0 Å². The maximum atomic E-state index is 11.7. The van der Waals surface area contributed by atoms with Crippen LogP contribution in [0.25, 0.3) is 0 Å². The Balaban J connectivity index is 2.01. The zero-order valence-electron chi connectivity index (χ0n) is 8.76. The molecule has 1 aromatic rings. The highest BCUT2D eigenvalue weighted by molar-refractivity contribution is 5.14. The molecule has 16 heavy (non-hydrogen) atoms. The molecule has 0 heterocycles. The molecule has 1 rings (SSSR count). The van der Waals surface area contributed by atoms with Crippen molar-refractivity contribution in [2.45, 2.75) is 12.7 Å². The second kappa shape index (κ2) is 6.50. The molecular formula is C11H14F3NO. The van der Waals surface area contributed by atoms with Crippen molar-refractivity contribution < 1.29 is 17.9 Å². The van der Waals surface area contributed by atoms with Crippen LogP contribution < -0.4 is 5.32 Å². The summed E-state index contributed by atoms with van der Waals surface area (Å²) in [7, 11) is 0. The molecule has 5 heteroatoms. The zero-order valence-corrected chi connectivity index (χ0v) is 8.76. The van der Waals surface area contributed by atoms with E-state index in [2.05, 4.69) is 10.1 Å². The molecule has 2 nitrogen and oxygen atoms in total. The Bertz CT molecular complexity index is 287. The number of ether oxygens (including phenoxy) is 1. The second-order valence-corrected chi connectivity index (χ2v) is 3.33. The van der Waals surface area contributed by atoms with Gasteiger partial charge in [0.1, 0.15) is 6.61 Å². The Morgan fingerprint density at radius 3 is 2.44 bits per heavy atom. The van der Waals surface area contributed by atoms with Crippen molar-refractivity contribution in [3.8, 4) is 0 Å². The van der Waals surface area contributed by atoms with Crippen LogP contribution in [-0.4, -0.2) is 25.9 Å². The summed E-state index contributed by atoms with van der Waals surface area (Å²) in [6.07, 6.45) is -4.24. The van der Waals surface area contributed by atoms with Crippen LogP contribution >= 0.6 is 0 Å². The van der Waals surface area contributed by atoms with E-state index in [9.17, 15) is 13.2 Å². The van der Waals surface area contributed by atoms with Crippen LogP contribution in [0, 0.1) is 0 Å². The van der Waals surface area contributed by atoms with E-state index < -0.39 is 12.8 Å². The van der Waals surface area contributed by atoms with Gasteiger partial charge in [0.05, 0.1) is 6.61 Å². The van der Waals surface area contributed by atoms with E-state index in [-0.39, 0.29) is 6.61 Å². The molecule has 0 fully saturated rings. The number of rotatable bonds is 6. The first kappa shape index (κ1) is 13.0. The molecule has 0 unspecified atom stereocenters. The molecule has 1 aromatic carbocycles. The van der Waals surface area contributed by atoms with Gasteiger partial charge < -0.3 is 10.1 Å². The maximum Gasteiger partial charge on any atom is 0.411 e. The number of hydrogen-bond acceptors (Lipinski definition) is 2. The number of nitrogens with one attached hydrogen (secondary N) is 1. The van der Waals surface area contributed by atoms with Gasteiger partial charge in [-0.2, -0.15) is 13.2 Å². The van der Waals surface area contributed by atoms with Crippen molar-refractivity contribution in [2.24, 2.45) is 0 Å². The summed E-state index contributed by atoms with van der Waals surface area (Å²) in [5, 5.41) is 3.00. The molecule has 0 aliphatic heterocycles. The van der Waals surface area contributed by atoms with Gasteiger partial charge in [0.15, 0.2) is 0 Å². The smallest absolute Gasteiger partial charge is 0.371 e. The molecule has 0 saturated carbocycles. The van der Waals surface area contributed by atoms with Crippen molar-refractivity contribution in [3.05, 3.63) is 35.9 Å². The number of hydrogen-bond donors (Lipinski definition) is 1. The van der Waals surface area contributed by atoms with Crippen molar-refractivity contribution >= 4 is 0 Å². The molecule has 0 aliphatic carbocycles. The van der Waals surface area contributed by atoms with Crippen molar-refractivity contribution in [3.63, 3.8) is 0 Å². The predicted molar refractivity (Wildman–Crippen MR) is 55.0 cm³/mol. The summed E-state index contributed by atoms with van der Waals surface area (Å²) >= 11 is 0. The Kier molecular flexibility index (Phi) is 5.28. The maximum absolute atomic E-state index is 11.7. The fraction of sp³-hybridized carbons (Fsp3) is 0.455. The quantitative estimate of drug-likeness (QED) is 0.761. The summed E-state index contributed by atoms with van der Waals surface area (Å²) in [5.41, 5.74) is 1.10. The van der Waals surface area contributed by atoms with Gasteiger partial charge in [-0.25, -0.2) is 0 Å². The van der Waals surface area contributed by atoms with Crippen LogP contribution in [0.3, 0.4) is 0 Å². The third kappa shape index (κ3) is 6.42. The van der Waals surface area contributed by atoms with Gasteiger partial charge in [-0.15, -0.1) is 0 Å². The minimum Gasteiger partial charge on any atom is -0.371 e. The van der Waals surface area contributed by atoms with Gasteiger partial charge in [-0.3, -0.25) is 0 Å². The average molecular weight is 233 g/mol. The lowest BCUT2D eigenvalue weighted by Crippen LogP contribution is -2.23. The van der Waals surface area contributed by atoms with Gasteiger partial charge >= 0.3 is 6.18 Å². The van der Waals surface area contributed by atoms with Crippen molar-refractivity contribution in [1.82, 2.24) is 5.32 Å². The molecular weight excluding hydrogens is 219 g/mol. The first-order valence-corrected chi connectivity index (χ1v) is 4.97. The monoisotopic (exact) mass is 233 g/mol. The van der Waals surface area contributed by atoms with Gasteiger partial charge in [0, 0.05) is 13.1 Å². The fourth-order valence-corrected chi connectivity index (χ4v) is 1.16. The van der Waals surface area contributed by atoms with Gasteiger partial charge in [-0.1, -0.05) is 30.3 Å². The van der Waals surface area contributed by atoms with E-state index in [1.165, 1.54) is 0 Å². The lowest BCUT2D eigenvalue weighted by Gasteiger charge is -2.08. The molecule has 0 aliphatic rings. The minimum absolute atomic E-state index is 0.0618. The van der Waals surface area contributed by atoms with Crippen LogP contribution in [-0.2, 0) is 11.3 Å². The largest absolute Gasteiger partial charge is 0.411 e. The minimum atomic E-state index is -4.24. The highest BCUT2D eigenvalue weighted by Crippen LogP contribution is 2.13. The SMILES string of the molecule is FC(F)(F)COCCNCc1ccccc1. The summed E-state index contributed by atoms with van der Waals surface area (Å²) in [5.74, 6) is 0. The number of halogens is 3. The Morgan fingerprint density at radius 2 is 1.81 bits per heavy atom. The Hall–Kier alpha value is -1.07. The molecule has 0 aromatic heterocycles. The molecule has 0 saturated heterocycles. The first-order chi connectivity index (χ1) is 7.58. The van der Waals surface area contributed by atoms with E-state index in [0.29, 0.717) is 13.1 Å². The average Bonchev–Trinajstić information content (AvgIpc) is 2.23. The van der Waals surface area contributed by atoms with Crippen LogP contribution in [0.15, 0.2) is 30.3 Å². The molecule has 0 atom stereocenters. The molecule has 1 N–H and O–H groups in total. The van der Waals surface area contributed by atoms with Gasteiger partial charge in [0.2, 0.25) is 0 Å². The summed E-state index contributed by atoms with van der Waals surface area (Å²) < 4.78 is 39.5. The van der Waals surface area contributed by atoms with Gasteiger partial charge in [-0.05, 0) is 5.56 Å². The van der Waals surface area contributed by atoms with Crippen LogP contribution in [0.1, 0.15) is 5.56 Å². The summed E-state index contributed by atoms with van der Waals surface area (Å²) in [6, 6.07) is 9.64. The molecule has 0 spiro atoms. The predicted octanol–water partition coefficient (Wildman–Crippen LogP) is 2.36. The molecule has 0 radical (unpaired) electrons. The first-order valence-electron chi connectivity index (χ1n) is 4.97. The lowest BCUT2D eigenvalue weighted by molar-refractivity contribution is -0.173. The number of alkyl halides is 3. The van der Waals surface area contributed by atoms with E-state index in [1.54, 1.807) is 0 Å². The standard InChI is InChI=1S/C11H14F3NO/c12-11(13,14)9-16-7-6-15-8-10-4-2-1-3-5-10/h1-5,15H,6-9H2. The molecule has 0 bridgehead atoms. The van der Waals surface area contributed by atoms with Crippen LogP contribution in [0.2, 0.25) is 0 Å². The van der Waals surface area contributed by atoms with E-state index in [1.807, 2.05) is 30.3 Å². The Morgan fingerprint density at radius 1 is 1.12 bits per heavy atom. The van der Waals surface area contributed by atoms with E-state index >= 15 is 0 Å². The van der Waals surface area contributed by atoms with Crippen molar-refractivity contribution in [1.29, 1.82) is 0 Å². The zero-order chi connectivity index (χ0) is 11.9. The van der Waals surface area contributed by atoms with Crippen LogP contribution in [0.4, 0.5) is 13.2 Å².